The third-order valence-corrected chi connectivity index (χ3v) is 7.97. The van der Waals surface area contributed by atoms with Crippen molar-refractivity contribution in [2.24, 2.45) is 0 Å². The SMILES string of the molecule is COc1ccc(C(=O)NC2CCCCCCC2)cc1CN(C)S(=O)(=O)c1ccc(Cl)cc1. The first-order valence-corrected chi connectivity index (χ1v) is 12.8. The van der Waals surface area contributed by atoms with Crippen LogP contribution in [0.2, 0.25) is 5.02 Å². The fourth-order valence-electron chi connectivity index (χ4n) is 4.02. The number of hydrogen-bond donors (Lipinski definition) is 1. The minimum absolute atomic E-state index is 0.0681. The summed E-state index contributed by atoms with van der Waals surface area (Å²) in [5, 5.41) is 3.63. The highest BCUT2D eigenvalue weighted by molar-refractivity contribution is 7.89. The minimum atomic E-state index is -3.72. The van der Waals surface area contributed by atoms with Gasteiger partial charge in [-0.25, -0.2) is 8.42 Å². The van der Waals surface area contributed by atoms with Gasteiger partial charge in [0.1, 0.15) is 5.75 Å². The number of nitrogens with zero attached hydrogens (tertiary/aromatic N) is 1. The Hall–Kier alpha value is -2.09. The van der Waals surface area contributed by atoms with Gasteiger partial charge in [0.2, 0.25) is 10.0 Å². The van der Waals surface area contributed by atoms with Crippen LogP contribution in [0.3, 0.4) is 0 Å². The van der Waals surface area contributed by atoms with Crippen molar-refractivity contribution in [3.63, 3.8) is 0 Å². The number of hydrogen-bond acceptors (Lipinski definition) is 4. The summed E-state index contributed by atoms with van der Waals surface area (Å²) in [5.41, 5.74) is 1.12. The molecule has 1 aliphatic carbocycles. The van der Waals surface area contributed by atoms with Gasteiger partial charge in [0.25, 0.3) is 5.91 Å². The van der Waals surface area contributed by atoms with E-state index in [0.29, 0.717) is 21.9 Å². The Morgan fingerprint density at radius 2 is 1.69 bits per heavy atom. The highest BCUT2D eigenvalue weighted by atomic mass is 35.5. The molecule has 174 valence electrons. The molecule has 2 aromatic rings. The summed E-state index contributed by atoms with van der Waals surface area (Å²) in [6.07, 6.45) is 7.96. The summed E-state index contributed by atoms with van der Waals surface area (Å²) >= 11 is 5.88. The lowest BCUT2D eigenvalue weighted by Gasteiger charge is -2.22. The standard InChI is InChI=1S/C24H31ClN2O4S/c1-27(32(29,30)22-13-11-20(25)12-14-22)17-19-16-18(10-15-23(19)31-2)24(28)26-21-8-6-4-3-5-7-9-21/h10-16,21H,3-9,17H2,1-2H3,(H,26,28). The molecule has 1 N–H and O–H groups in total. The van der Waals surface area contributed by atoms with E-state index >= 15 is 0 Å². The van der Waals surface area contributed by atoms with Gasteiger partial charge in [-0.2, -0.15) is 4.31 Å². The number of carbonyl (C=O) groups is 1. The van der Waals surface area contributed by atoms with Crippen LogP contribution >= 0.6 is 11.6 Å². The molecule has 8 heteroatoms. The smallest absolute Gasteiger partial charge is 0.251 e. The number of methoxy groups -OCH3 is 1. The van der Waals surface area contributed by atoms with Crippen molar-refractivity contribution in [3.05, 3.63) is 58.6 Å². The van der Waals surface area contributed by atoms with Crippen LogP contribution in [0.25, 0.3) is 0 Å². The molecule has 1 aliphatic rings. The topological polar surface area (TPSA) is 75.7 Å². The predicted molar refractivity (Wildman–Crippen MR) is 127 cm³/mol. The Balaban J connectivity index is 1.76. The molecule has 2 aromatic carbocycles. The quantitative estimate of drug-likeness (QED) is 0.606. The molecule has 1 saturated carbocycles. The predicted octanol–water partition coefficient (Wildman–Crippen LogP) is 5.01. The molecule has 0 radical (unpaired) electrons. The van der Waals surface area contributed by atoms with Gasteiger partial charge in [0, 0.05) is 35.8 Å². The molecule has 6 nitrogen and oxygen atoms in total. The molecule has 0 saturated heterocycles. The van der Waals surface area contributed by atoms with Crippen molar-refractivity contribution in [1.29, 1.82) is 0 Å². The number of sulfonamides is 1. The number of halogens is 1. The molecular formula is C24H31ClN2O4S. The number of carbonyl (C=O) groups excluding carboxylic acids is 1. The maximum Gasteiger partial charge on any atom is 0.251 e. The van der Waals surface area contributed by atoms with Crippen molar-refractivity contribution < 1.29 is 17.9 Å². The summed E-state index contributed by atoms with van der Waals surface area (Å²) in [4.78, 5) is 13.1. The van der Waals surface area contributed by atoms with Crippen LogP contribution < -0.4 is 10.1 Å². The average Bonchev–Trinajstić information content (AvgIpc) is 2.75. The van der Waals surface area contributed by atoms with Gasteiger partial charge < -0.3 is 10.1 Å². The number of rotatable bonds is 7. The number of amides is 1. The van der Waals surface area contributed by atoms with Gasteiger partial charge in [0.05, 0.1) is 12.0 Å². The summed E-state index contributed by atoms with van der Waals surface area (Å²) in [7, 11) is -0.690. The zero-order valence-corrected chi connectivity index (χ0v) is 20.2. The molecule has 0 atom stereocenters. The monoisotopic (exact) mass is 478 g/mol. The third kappa shape index (κ3) is 6.24. The normalized spacial score (nSPS) is 15.8. The summed E-state index contributed by atoms with van der Waals surface area (Å²) in [5.74, 6) is 0.397. The molecule has 0 aliphatic heterocycles. The van der Waals surface area contributed by atoms with E-state index in [1.54, 1.807) is 30.3 Å². The van der Waals surface area contributed by atoms with Crippen LogP contribution in [0.4, 0.5) is 0 Å². The van der Waals surface area contributed by atoms with Gasteiger partial charge in [-0.15, -0.1) is 0 Å². The van der Waals surface area contributed by atoms with Crippen LogP contribution in [-0.4, -0.2) is 38.8 Å². The molecule has 0 unspecified atom stereocenters. The van der Waals surface area contributed by atoms with E-state index in [-0.39, 0.29) is 23.4 Å². The zero-order valence-electron chi connectivity index (χ0n) is 18.6. The van der Waals surface area contributed by atoms with Gasteiger partial charge in [0.15, 0.2) is 0 Å². The van der Waals surface area contributed by atoms with E-state index in [4.69, 9.17) is 16.3 Å². The molecule has 3 rings (SSSR count). The van der Waals surface area contributed by atoms with E-state index < -0.39 is 10.0 Å². The zero-order chi connectivity index (χ0) is 23.1. The molecule has 1 amide bonds. The van der Waals surface area contributed by atoms with Gasteiger partial charge in [-0.3, -0.25) is 4.79 Å². The molecule has 0 heterocycles. The Kier molecular flexibility index (Phi) is 8.57. The van der Waals surface area contributed by atoms with Crippen molar-refractivity contribution in [1.82, 2.24) is 9.62 Å². The molecule has 0 aromatic heterocycles. The summed E-state index contributed by atoms with van der Waals surface area (Å²) in [6, 6.07) is 11.4. The van der Waals surface area contributed by atoms with Crippen LogP contribution in [0.5, 0.6) is 5.75 Å². The van der Waals surface area contributed by atoms with E-state index in [0.717, 1.165) is 25.7 Å². The lowest BCUT2D eigenvalue weighted by molar-refractivity contribution is 0.0930. The summed E-state index contributed by atoms with van der Waals surface area (Å²) < 4.78 is 32.6. The highest BCUT2D eigenvalue weighted by Gasteiger charge is 2.23. The van der Waals surface area contributed by atoms with E-state index in [9.17, 15) is 13.2 Å². The molecule has 1 fully saturated rings. The van der Waals surface area contributed by atoms with Crippen LogP contribution in [0.1, 0.15) is 60.9 Å². The van der Waals surface area contributed by atoms with Crippen molar-refractivity contribution in [2.75, 3.05) is 14.2 Å². The Bertz CT molecular complexity index is 1020. The van der Waals surface area contributed by atoms with Crippen molar-refractivity contribution in [3.8, 4) is 5.75 Å². The average molecular weight is 479 g/mol. The summed E-state index contributed by atoms with van der Waals surface area (Å²) in [6.45, 7) is 0.0681. The van der Waals surface area contributed by atoms with Gasteiger partial charge in [-0.1, -0.05) is 43.7 Å². The van der Waals surface area contributed by atoms with Gasteiger partial charge >= 0.3 is 0 Å². The second kappa shape index (κ2) is 11.2. The Labute approximate surface area is 196 Å². The van der Waals surface area contributed by atoms with Crippen molar-refractivity contribution >= 4 is 27.5 Å². The number of ether oxygens (including phenoxy) is 1. The van der Waals surface area contributed by atoms with Gasteiger partial charge in [-0.05, 0) is 55.3 Å². The third-order valence-electron chi connectivity index (χ3n) is 5.90. The van der Waals surface area contributed by atoms with Crippen LogP contribution in [0.15, 0.2) is 47.4 Å². The van der Waals surface area contributed by atoms with Crippen molar-refractivity contribution in [2.45, 2.75) is 62.4 Å². The van der Waals surface area contributed by atoms with E-state index in [1.165, 1.54) is 49.9 Å². The molecular weight excluding hydrogens is 448 g/mol. The minimum Gasteiger partial charge on any atom is -0.496 e. The first kappa shape index (κ1) is 24.6. The number of benzene rings is 2. The van der Waals surface area contributed by atoms with Crippen LogP contribution in [0, 0.1) is 0 Å². The molecule has 0 bridgehead atoms. The Morgan fingerprint density at radius 3 is 2.31 bits per heavy atom. The largest absolute Gasteiger partial charge is 0.496 e. The highest BCUT2D eigenvalue weighted by Crippen LogP contribution is 2.25. The Morgan fingerprint density at radius 1 is 1.06 bits per heavy atom. The fourth-order valence-corrected chi connectivity index (χ4v) is 5.30. The first-order valence-electron chi connectivity index (χ1n) is 11.0. The van der Waals surface area contributed by atoms with Crippen LogP contribution in [-0.2, 0) is 16.6 Å². The maximum absolute atomic E-state index is 13.0. The van der Waals surface area contributed by atoms with E-state index in [1.807, 2.05) is 0 Å². The first-order chi connectivity index (χ1) is 15.3. The maximum atomic E-state index is 13.0. The molecule has 32 heavy (non-hydrogen) atoms. The second-order valence-electron chi connectivity index (χ2n) is 8.26. The molecule has 0 spiro atoms. The second-order valence-corrected chi connectivity index (χ2v) is 10.7. The number of nitrogens with one attached hydrogen (secondary N) is 1. The lowest BCUT2D eigenvalue weighted by atomic mass is 9.96. The fraction of sp³-hybridized carbons (Fsp3) is 0.458. The lowest BCUT2D eigenvalue weighted by Crippen LogP contribution is -2.35. The van der Waals surface area contributed by atoms with E-state index in [2.05, 4.69) is 5.32 Å².